The zero-order valence-electron chi connectivity index (χ0n) is 46.5. The molecule has 0 aromatic heterocycles. The molecular weight excluding hydrogens is 967 g/mol. The molecule has 0 saturated carbocycles. The second-order valence-electron chi connectivity index (χ2n) is 22.5. The summed E-state index contributed by atoms with van der Waals surface area (Å²) in [7, 11) is 0. The largest absolute Gasteiger partial charge is 0.336 e. The van der Waals surface area contributed by atoms with E-state index < -0.39 is 0 Å². The molecule has 0 unspecified atom stereocenters. The minimum Gasteiger partial charge on any atom is -0.336 e. The van der Waals surface area contributed by atoms with E-state index in [9.17, 15) is 0 Å². The summed E-state index contributed by atoms with van der Waals surface area (Å²) in [5.74, 6) is 0.0595. The highest BCUT2D eigenvalue weighted by molar-refractivity contribution is 6.07. The molecule has 12 aromatic rings. The number of benzene rings is 12. The Morgan fingerprint density at radius 3 is 1.19 bits per heavy atom. The molecule has 0 atom stereocenters. The summed E-state index contributed by atoms with van der Waals surface area (Å²) < 4.78 is 0. The third-order valence-electron chi connectivity index (χ3n) is 16.7. The molecule has 0 N–H and O–H groups in total. The summed E-state index contributed by atoms with van der Waals surface area (Å²) >= 11 is 0. The predicted molar refractivity (Wildman–Crippen MR) is 340 cm³/mol. The fourth-order valence-corrected chi connectivity index (χ4v) is 12.4. The van der Waals surface area contributed by atoms with Gasteiger partial charge in [0, 0.05) is 68.2 Å². The molecule has 13 rings (SSSR count). The normalized spacial score (nSPS) is 12.4. The molecule has 3 nitrogen and oxygen atoms in total. The Hall–Kier alpha value is -9.44. The Morgan fingerprint density at radius 2 is 0.700 bits per heavy atom. The maximum Gasteiger partial charge on any atom is 0.0541 e. The molecule has 80 heavy (non-hydrogen) atoms. The summed E-state index contributed by atoms with van der Waals surface area (Å²) in [5, 5.41) is 4.84. The molecule has 0 bridgehead atoms. The second-order valence-corrected chi connectivity index (χ2v) is 22.5. The molecule has 0 radical (unpaired) electrons. The average molecular weight is 1030 g/mol. The van der Waals surface area contributed by atoms with Gasteiger partial charge in [0.25, 0.3) is 0 Å². The van der Waals surface area contributed by atoms with E-state index in [1.54, 1.807) is 0 Å². The van der Waals surface area contributed by atoms with Crippen molar-refractivity contribution in [2.24, 2.45) is 0 Å². The van der Waals surface area contributed by atoms with E-state index in [1.165, 1.54) is 94.0 Å². The summed E-state index contributed by atoms with van der Waals surface area (Å²) in [5.41, 5.74) is 24.1. The number of anilines is 8. The SMILES string of the molecule is Cc1ccc(CN(c2ccc(C)cc2)c2ccc(N(c3ccccc3)c3ccc4c(c3)C(C)(C)c3cc(N(c5ccccc5)c5ccc(C(c6ccc(C)cc6)c6ccc(C)cc6)c6ccccc56)ccc3-4)c3ccccc23)cc1. The summed E-state index contributed by atoms with van der Waals surface area (Å²) in [4.78, 5) is 7.40. The van der Waals surface area contributed by atoms with Gasteiger partial charge in [-0.2, -0.15) is 0 Å². The highest BCUT2D eigenvalue weighted by Gasteiger charge is 2.37. The molecule has 12 aromatic carbocycles. The number of hydrogen-bond acceptors (Lipinski definition) is 3. The van der Waals surface area contributed by atoms with Crippen molar-refractivity contribution in [3.8, 4) is 11.1 Å². The monoisotopic (exact) mass is 1030 g/mol. The van der Waals surface area contributed by atoms with Gasteiger partial charge in [-0.25, -0.2) is 0 Å². The van der Waals surface area contributed by atoms with E-state index in [0.29, 0.717) is 0 Å². The third-order valence-corrected chi connectivity index (χ3v) is 16.7. The lowest BCUT2D eigenvalue weighted by molar-refractivity contribution is 0.660. The van der Waals surface area contributed by atoms with Crippen molar-refractivity contribution in [3.05, 3.63) is 323 Å². The van der Waals surface area contributed by atoms with Crippen LogP contribution in [-0.4, -0.2) is 0 Å². The Labute approximate surface area is 472 Å². The van der Waals surface area contributed by atoms with Gasteiger partial charge < -0.3 is 14.7 Å². The molecule has 0 fully saturated rings. The van der Waals surface area contributed by atoms with Crippen LogP contribution in [0.5, 0.6) is 0 Å². The van der Waals surface area contributed by atoms with Crippen molar-refractivity contribution in [1.82, 2.24) is 0 Å². The molecule has 3 heteroatoms. The lowest BCUT2D eigenvalue weighted by Gasteiger charge is -2.31. The fourth-order valence-electron chi connectivity index (χ4n) is 12.4. The zero-order valence-corrected chi connectivity index (χ0v) is 46.5. The van der Waals surface area contributed by atoms with Crippen molar-refractivity contribution in [2.75, 3.05) is 14.7 Å². The molecule has 1 aliphatic carbocycles. The Morgan fingerprint density at radius 1 is 0.325 bits per heavy atom. The maximum absolute atomic E-state index is 2.47. The Bertz CT molecular complexity index is 4150. The average Bonchev–Trinajstić information content (AvgIpc) is 3.76. The van der Waals surface area contributed by atoms with Crippen LogP contribution in [0.25, 0.3) is 32.7 Å². The fraction of sp³-hybridized carbons (Fsp3) is 0.117. The van der Waals surface area contributed by atoms with Crippen LogP contribution >= 0.6 is 0 Å². The summed E-state index contributed by atoms with van der Waals surface area (Å²) in [6.45, 7) is 14.2. The topological polar surface area (TPSA) is 9.72 Å². The summed E-state index contributed by atoms with van der Waals surface area (Å²) in [6, 6.07) is 99.5. The van der Waals surface area contributed by atoms with Crippen LogP contribution in [0.3, 0.4) is 0 Å². The van der Waals surface area contributed by atoms with Crippen molar-refractivity contribution in [1.29, 1.82) is 0 Å². The Kier molecular flexibility index (Phi) is 13.0. The van der Waals surface area contributed by atoms with Gasteiger partial charge in [0.2, 0.25) is 0 Å². The number of para-hydroxylation sites is 2. The van der Waals surface area contributed by atoms with E-state index in [0.717, 1.165) is 46.4 Å². The quantitative estimate of drug-likeness (QED) is 0.107. The number of rotatable bonds is 13. The van der Waals surface area contributed by atoms with E-state index in [2.05, 4.69) is 323 Å². The molecule has 388 valence electrons. The van der Waals surface area contributed by atoms with Crippen molar-refractivity contribution < 1.29 is 0 Å². The van der Waals surface area contributed by atoms with Crippen LogP contribution in [0.2, 0.25) is 0 Å². The van der Waals surface area contributed by atoms with Gasteiger partial charge >= 0.3 is 0 Å². The van der Waals surface area contributed by atoms with Crippen LogP contribution in [0.1, 0.15) is 75.4 Å². The van der Waals surface area contributed by atoms with Gasteiger partial charge in [-0.3, -0.25) is 0 Å². The number of fused-ring (bicyclic) bond motifs is 5. The lowest BCUT2D eigenvalue weighted by Crippen LogP contribution is -2.18. The highest BCUT2D eigenvalue weighted by Crippen LogP contribution is 2.54. The van der Waals surface area contributed by atoms with E-state index in [1.807, 2.05) is 0 Å². The summed E-state index contributed by atoms with van der Waals surface area (Å²) in [6.07, 6.45) is 0. The smallest absolute Gasteiger partial charge is 0.0541 e. The number of aryl methyl sites for hydroxylation is 4. The van der Waals surface area contributed by atoms with E-state index >= 15 is 0 Å². The standard InChI is InChI=1S/C77H65N3/c1-52-25-33-56(34-26-52)51-78(59-39-31-55(4)32-40-59)73-47-48-75(69-24-16-15-23-68(69)73)80(61-19-11-8-12-20-61)63-42-44-66-65-43-41-62(49-71(65)77(5,6)72(66)50-63)79(60-17-9-7-10-18-60)74-46-45-70(64-21-13-14-22-67(64)74)76(57-35-27-53(2)28-36-57)58-37-29-54(3)30-38-58/h7-50,76H,51H2,1-6H3. The lowest BCUT2D eigenvalue weighted by atomic mass is 9.81. The molecular formula is C77H65N3. The molecule has 0 aliphatic heterocycles. The van der Waals surface area contributed by atoms with Crippen LogP contribution in [0.15, 0.2) is 267 Å². The van der Waals surface area contributed by atoms with Crippen LogP contribution in [-0.2, 0) is 12.0 Å². The van der Waals surface area contributed by atoms with E-state index in [-0.39, 0.29) is 11.3 Å². The van der Waals surface area contributed by atoms with Crippen molar-refractivity contribution in [2.45, 2.75) is 59.4 Å². The molecule has 0 amide bonds. The van der Waals surface area contributed by atoms with Gasteiger partial charge in [0.15, 0.2) is 0 Å². The minimum atomic E-state index is -0.320. The van der Waals surface area contributed by atoms with Gasteiger partial charge in [-0.1, -0.05) is 224 Å². The first-order chi connectivity index (χ1) is 39.1. The molecule has 0 heterocycles. The van der Waals surface area contributed by atoms with Gasteiger partial charge in [0.1, 0.15) is 0 Å². The highest BCUT2D eigenvalue weighted by atomic mass is 15.2. The number of hydrogen-bond donors (Lipinski definition) is 0. The zero-order chi connectivity index (χ0) is 54.5. The molecule has 0 spiro atoms. The Balaban J connectivity index is 0.910. The minimum absolute atomic E-state index is 0.0595. The third kappa shape index (κ3) is 9.19. The van der Waals surface area contributed by atoms with Crippen LogP contribution in [0, 0.1) is 27.7 Å². The maximum atomic E-state index is 2.47. The van der Waals surface area contributed by atoms with E-state index in [4.69, 9.17) is 0 Å². The van der Waals surface area contributed by atoms with Crippen LogP contribution < -0.4 is 14.7 Å². The molecule has 1 aliphatic rings. The van der Waals surface area contributed by atoms with Crippen LogP contribution in [0.4, 0.5) is 45.5 Å². The van der Waals surface area contributed by atoms with Gasteiger partial charge in [0.05, 0.1) is 11.4 Å². The van der Waals surface area contributed by atoms with Gasteiger partial charge in [-0.05, 0) is 156 Å². The van der Waals surface area contributed by atoms with Gasteiger partial charge in [-0.15, -0.1) is 0 Å². The first-order valence-corrected chi connectivity index (χ1v) is 28.1. The second kappa shape index (κ2) is 20.7. The predicted octanol–water partition coefficient (Wildman–Crippen LogP) is 21.0. The first-order valence-electron chi connectivity index (χ1n) is 28.1. The molecule has 0 saturated heterocycles. The van der Waals surface area contributed by atoms with Crippen molar-refractivity contribution in [3.63, 3.8) is 0 Å². The number of nitrogens with zero attached hydrogens (tertiary/aromatic N) is 3. The first kappa shape index (κ1) is 50.1. The van der Waals surface area contributed by atoms with Crippen molar-refractivity contribution >= 4 is 67.0 Å².